The first-order chi connectivity index (χ1) is 15.9. The van der Waals surface area contributed by atoms with Crippen LogP contribution in [-0.4, -0.2) is 36.1 Å². The van der Waals surface area contributed by atoms with Crippen LogP contribution in [0.3, 0.4) is 0 Å². The lowest BCUT2D eigenvalue weighted by Crippen LogP contribution is -2.32. The summed E-state index contributed by atoms with van der Waals surface area (Å²) in [5.41, 5.74) is 2.93. The third kappa shape index (κ3) is 5.85. The van der Waals surface area contributed by atoms with Crippen LogP contribution in [0.4, 0.5) is 30.6 Å². The van der Waals surface area contributed by atoms with Gasteiger partial charge in [-0.3, -0.25) is 4.79 Å². The number of carbonyl (C=O) groups excluding carboxylic acids is 1. The molecule has 2 aromatic carbocycles. The molecule has 1 aliphatic carbocycles. The van der Waals surface area contributed by atoms with Gasteiger partial charge in [0, 0.05) is 18.8 Å². The van der Waals surface area contributed by atoms with Crippen LogP contribution >= 0.6 is 0 Å². The van der Waals surface area contributed by atoms with Crippen LogP contribution in [0.15, 0.2) is 42.5 Å². The number of carbonyl (C=O) groups is 2. The maximum atomic E-state index is 14.2. The molecule has 0 radical (unpaired) electrons. The van der Waals surface area contributed by atoms with E-state index in [0.717, 1.165) is 5.56 Å². The number of nitrogens with zero attached hydrogens (tertiary/aromatic N) is 1. The van der Waals surface area contributed by atoms with Gasteiger partial charge in [-0.2, -0.15) is 0 Å². The second-order valence-corrected chi connectivity index (χ2v) is 9.88. The van der Waals surface area contributed by atoms with Crippen molar-refractivity contribution < 1.29 is 23.5 Å². The van der Waals surface area contributed by atoms with Crippen molar-refractivity contribution in [3.8, 4) is 0 Å². The van der Waals surface area contributed by atoms with Crippen LogP contribution in [0, 0.1) is 24.7 Å². The summed E-state index contributed by atoms with van der Waals surface area (Å²) in [5.74, 6) is -7.34. The molecule has 2 unspecified atom stereocenters. The molecule has 1 saturated carbocycles. The summed E-state index contributed by atoms with van der Waals surface area (Å²) >= 11 is 0. The SMILES string of the molecule is Cc1ccc(NC(=O)Nc2cc(C3C(C(=O)O)C3(F)F)ccc2N(CC(C)C)CC(C)C)cc1. The van der Waals surface area contributed by atoms with Crippen molar-refractivity contribution in [3.63, 3.8) is 0 Å². The number of amides is 2. The fraction of sp³-hybridized carbons (Fsp3) is 0.462. The summed E-state index contributed by atoms with van der Waals surface area (Å²) in [4.78, 5) is 26.2. The summed E-state index contributed by atoms with van der Waals surface area (Å²) in [7, 11) is 0. The number of hydrogen-bond donors (Lipinski definition) is 3. The van der Waals surface area contributed by atoms with Gasteiger partial charge in [-0.15, -0.1) is 0 Å². The number of aryl methyl sites for hydroxylation is 1. The number of carboxylic acid groups (broad SMARTS) is 1. The van der Waals surface area contributed by atoms with E-state index in [0.29, 0.717) is 42.0 Å². The molecule has 2 atom stereocenters. The molecule has 2 aromatic rings. The minimum atomic E-state index is -3.32. The third-order valence-electron chi connectivity index (χ3n) is 5.77. The lowest BCUT2D eigenvalue weighted by atomic mass is 10.0. The van der Waals surface area contributed by atoms with Gasteiger partial charge >= 0.3 is 12.0 Å². The van der Waals surface area contributed by atoms with Crippen LogP contribution in [0.1, 0.15) is 44.7 Å². The smallest absolute Gasteiger partial charge is 0.323 e. The van der Waals surface area contributed by atoms with Crippen LogP contribution in [-0.2, 0) is 4.79 Å². The van der Waals surface area contributed by atoms with E-state index in [9.17, 15) is 23.5 Å². The van der Waals surface area contributed by atoms with Crippen molar-refractivity contribution in [2.24, 2.45) is 17.8 Å². The number of nitrogens with one attached hydrogen (secondary N) is 2. The van der Waals surface area contributed by atoms with E-state index in [1.54, 1.807) is 24.3 Å². The Morgan fingerprint density at radius 3 is 2.09 bits per heavy atom. The highest BCUT2D eigenvalue weighted by Crippen LogP contribution is 2.62. The highest BCUT2D eigenvalue weighted by molar-refractivity contribution is 6.02. The van der Waals surface area contributed by atoms with E-state index in [1.165, 1.54) is 6.07 Å². The molecule has 0 saturated heterocycles. The zero-order valence-corrected chi connectivity index (χ0v) is 20.2. The summed E-state index contributed by atoms with van der Waals surface area (Å²) < 4.78 is 28.4. The van der Waals surface area contributed by atoms with Crippen LogP contribution in [0.25, 0.3) is 0 Å². The number of rotatable bonds is 9. The van der Waals surface area contributed by atoms with Crippen molar-refractivity contribution in [1.82, 2.24) is 0 Å². The Labute approximate surface area is 199 Å². The Morgan fingerprint density at radius 1 is 1.00 bits per heavy atom. The molecule has 0 aliphatic heterocycles. The average Bonchev–Trinajstić information content (AvgIpc) is 3.31. The molecule has 1 aliphatic rings. The first-order valence-corrected chi connectivity index (χ1v) is 11.5. The molecule has 3 N–H and O–H groups in total. The standard InChI is InChI=1S/C26H33F2N3O3/c1-15(2)13-31(14-16(3)4)21-11-8-18(22-23(24(32)33)26(22,27)28)12-20(21)30-25(34)29-19-9-6-17(5)7-10-19/h6-12,15-16,22-23H,13-14H2,1-5H3,(H,32,33)(H2,29,30,34). The van der Waals surface area contributed by atoms with Crippen LogP contribution < -0.4 is 15.5 Å². The summed E-state index contributed by atoms with van der Waals surface area (Å²) in [5, 5.41) is 14.8. The predicted molar refractivity (Wildman–Crippen MR) is 131 cm³/mol. The van der Waals surface area contributed by atoms with Gasteiger partial charge in [0.15, 0.2) is 0 Å². The minimum absolute atomic E-state index is 0.195. The number of benzene rings is 2. The van der Waals surface area contributed by atoms with Crippen molar-refractivity contribution in [3.05, 3.63) is 53.6 Å². The van der Waals surface area contributed by atoms with Crippen molar-refractivity contribution in [2.75, 3.05) is 28.6 Å². The topological polar surface area (TPSA) is 81.7 Å². The van der Waals surface area contributed by atoms with E-state index < -0.39 is 29.8 Å². The van der Waals surface area contributed by atoms with Gasteiger partial charge < -0.3 is 20.6 Å². The molecule has 3 rings (SSSR count). The Balaban J connectivity index is 1.95. The molecule has 0 bridgehead atoms. The molecule has 0 heterocycles. The Hall–Kier alpha value is -3.16. The second kappa shape index (κ2) is 9.99. The van der Waals surface area contributed by atoms with E-state index in [1.807, 2.05) is 19.1 Å². The monoisotopic (exact) mass is 473 g/mol. The maximum absolute atomic E-state index is 14.2. The molecule has 0 aromatic heterocycles. The fourth-order valence-corrected chi connectivity index (χ4v) is 4.25. The lowest BCUT2D eigenvalue weighted by molar-refractivity contribution is -0.140. The summed E-state index contributed by atoms with van der Waals surface area (Å²) in [6.07, 6.45) is 0. The first kappa shape index (κ1) is 25.5. The van der Waals surface area contributed by atoms with E-state index >= 15 is 0 Å². The minimum Gasteiger partial charge on any atom is -0.481 e. The number of hydrogen-bond acceptors (Lipinski definition) is 3. The number of anilines is 3. The maximum Gasteiger partial charge on any atom is 0.323 e. The fourth-order valence-electron chi connectivity index (χ4n) is 4.25. The van der Waals surface area contributed by atoms with Gasteiger partial charge in [0.25, 0.3) is 5.92 Å². The van der Waals surface area contributed by atoms with Crippen molar-refractivity contribution in [1.29, 1.82) is 0 Å². The molecule has 34 heavy (non-hydrogen) atoms. The Morgan fingerprint density at radius 2 is 1.59 bits per heavy atom. The average molecular weight is 474 g/mol. The highest BCUT2D eigenvalue weighted by atomic mass is 19.3. The van der Waals surface area contributed by atoms with Gasteiger partial charge in [-0.1, -0.05) is 51.5 Å². The predicted octanol–water partition coefficient (Wildman–Crippen LogP) is 6.19. The van der Waals surface area contributed by atoms with Gasteiger partial charge in [-0.05, 0) is 48.6 Å². The zero-order chi connectivity index (χ0) is 25.2. The Kier molecular flexibility index (Phi) is 7.48. The molecule has 184 valence electrons. The van der Waals surface area contributed by atoms with Gasteiger partial charge in [0.1, 0.15) is 5.92 Å². The lowest BCUT2D eigenvalue weighted by Gasteiger charge is -2.30. The van der Waals surface area contributed by atoms with Crippen molar-refractivity contribution >= 4 is 29.1 Å². The van der Waals surface area contributed by atoms with E-state index in [-0.39, 0.29) is 5.56 Å². The molecular formula is C26H33F2N3O3. The van der Waals surface area contributed by atoms with Gasteiger partial charge in [0.2, 0.25) is 0 Å². The van der Waals surface area contributed by atoms with E-state index in [2.05, 4.69) is 43.2 Å². The summed E-state index contributed by atoms with van der Waals surface area (Å²) in [6, 6.07) is 11.5. The Bertz CT molecular complexity index is 1030. The van der Waals surface area contributed by atoms with E-state index in [4.69, 9.17) is 0 Å². The third-order valence-corrected chi connectivity index (χ3v) is 5.77. The van der Waals surface area contributed by atoms with Crippen LogP contribution in [0.5, 0.6) is 0 Å². The number of aliphatic carboxylic acids is 1. The molecule has 8 heteroatoms. The number of halogens is 2. The first-order valence-electron chi connectivity index (χ1n) is 11.5. The largest absolute Gasteiger partial charge is 0.481 e. The second-order valence-electron chi connectivity index (χ2n) is 9.88. The molecule has 0 spiro atoms. The molecule has 1 fully saturated rings. The van der Waals surface area contributed by atoms with Crippen molar-refractivity contribution in [2.45, 2.75) is 46.5 Å². The zero-order valence-electron chi connectivity index (χ0n) is 20.2. The number of carboxylic acids is 1. The van der Waals surface area contributed by atoms with Crippen LogP contribution in [0.2, 0.25) is 0 Å². The molecule has 2 amide bonds. The normalized spacial score (nSPS) is 18.6. The molecule has 6 nitrogen and oxygen atoms in total. The number of urea groups is 1. The molecular weight excluding hydrogens is 440 g/mol. The highest BCUT2D eigenvalue weighted by Gasteiger charge is 2.72. The van der Waals surface area contributed by atoms with Gasteiger partial charge in [-0.25, -0.2) is 13.6 Å². The summed E-state index contributed by atoms with van der Waals surface area (Å²) in [6.45, 7) is 11.7. The number of alkyl halides is 2. The van der Waals surface area contributed by atoms with Gasteiger partial charge in [0.05, 0.1) is 17.3 Å². The quantitative estimate of drug-likeness (QED) is 0.406.